The van der Waals surface area contributed by atoms with Crippen LogP contribution in [0.2, 0.25) is 0 Å². The van der Waals surface area contributed by atoms with Crippen molar-refractivity contribution in [1.82, 2.24) is 0 Å². The summed E-state index contributed by atoms with van der Waals surface area (Å²) < 4.78 is 0. The SMILES string of the molecule is C=C(CCCCCCCC1=CCCC=C1)C1CCCc2ccccc21. The van der Waals surface area contributed by atoms with Gasteiger partial charge in [-0.2, -0.15) is 0 Å². The third kappa shape index (κ3) is 5.46. The number of unbranched alkanes of at least 4 members (excludes halogenated alkanes) is 4. The second kappa shape index (κ2) is 9.80. The fraction of sp³-hybridized carbons (Fsp3) is 0.520. The Labute approximate surface area is 154 Å². The van der Waals surface area contributed by atoms with Crippen molar-refractivity contribution in [3.63, 3.8) is 0 Å². The van der Waals surface area contributed by atoms with Crippen molar-refractivity contribution in [1.29, 1.82) is 0 Å². The van der Waals surface area contributed by atoms with Gasteiger partial charge in [-0.3, -0.25) is 0 Å². The summed E-state index contributed by atoms with van der Waals surface area (Å²) in [5.74, 6) is 0.620. The van der Waals surface area contributed by atoms with E-state index < -0.39 is 0 Å². The highest BCUT2D eigenvalue weighted by molar-refractivity contribution is 5.37. The lowest BCUT2D eigenvalue weighted by Gasteiger charge is -2.27. The number of aryl methyl sites for hydroxylation is 1. The normalized spacial score (nSPS) is 19.4. The van der Waals surface area contributed by atoms with Crippen molar-refractivity contribution in [2.24, 2.45) is 0 Å². The molecule has 25 heavy (non-hydrogen) atoms. The highest BCUT2D eigenvalue weighted by atomic mass is 14.3. The molecule has 0 fully saturated rings. The van der Waals surface area contributed by atoms with Gasteiger partial charge in [-0.1, -0.05) is 79.5 Å². The maximum atomic E-state index is 4.46. The molecule has 0 bridgehead atoms. The van der Waals surface area contributed by atoms with Gasteiger partial charge in [-0.25, -0.2) is 0 Å². The Balaban J connectivity index is 1.31. The first-order valence-electron chi connectivity index (χ1n) is 10.5. The van der Waals surface area contributed by atoms with Gasteiger partial charge in [0.05, 0.1) is 0 Å². The molecule has 0 amide bonds. The molecule has 1 aromatic rings. The number of benzene rings is 1. The maximum Gasteiger partial charge on any atom is 0.00483 e. The molecule has 134 valence electrons. The molecule has 0 radical (unpaired) electrons. The molecule has 1 unspecified atom stereocenters. The van der Waals surface area contributed by atoms with Crippen LogP contribution in [0.25, 0.3) is 0 Å². The molecular formula is C25H34. The average Bonchev–Trinajstić information content (AvgIpc) is 2.67. The van der Waals surface area contributed by atoms with E-state index in [9.17, 15) is 0 Å². The summed E-state index contributed by atoms with van der Waals surface area (Å²) >= 11 is 0. The Morgan fingerprint density at radius 3 is 2.72 bits per heavy atom. The molecule has 0 aliphatic heterocycles. The van der Waals surface area contributed by atoms with E-state index >= 15 is 0 Å². The van der Waals surface area contributed by atoms with Crippen LogP contribution in [0.5, 0.6) is 0 Å². The molecule has 2 aliphatic carbocycles. The van der Waals surface area contributed by atoms with Crippen LogP contribution in [0.15, 0.2) is 60.2 Å². The number of fused-ring (bicyclic) bond motifs is 1. The lowest BCUT2D eigenvalue weighted by atomic mass is 9.78. The van der Waals surface area contributed by atoms with Crippen LogP contribution >= 0.6 is 0 Å². The van der Waals surface area contributed by atoms with Crippen LogP contribution in [0.3, 0.4) is 0 Å². The zero-order valence-electron chi connectivity index (χ0n) is 15.8. The molecule has 3 rings (SSSR count). The molecule has 0 spiro atoms. The summed E-state index contributed by atoms with van der Waals surface area (Å²) in [7, 11) is 0. The topological polar surface area (TPSA) is 0 Å². The largest absolute Gasteiger partial charge is 0.0992 e. The molecule has 0 aromatic heterocycles. The van der Waals surface area contributed by atoms with Crippen molar-refractivity contribution in [2.45, 2.75) is 83.0 Å². The molecule has 1 atom stereocenters. The third-order valence-corrected chi connectivity index (χ3v) is 5.90. The van der Waals surface area contributed by atoms with Gasteiger partial charge in [0.25, 0.3) is 0 Å². The molecule has 0 nitrogen and oxygen atoms in total. The van der Waals surface area contributed by atoms with Crippen LogP contribution in [0.4, 0.5) is 0 Å². The highest BCUT2D eigenvalue weighted by Gasteiger charge is 2.21. The molecule has 2 aliphatic rings. The number of hydrogen-bond donors (Lipinski definition) is 0. The Morgan fingerprint density at radius 1 is 1.00 bits per heavy atom. The van der Waals surface area contributed by atoms with E-state index in [0.717, 1.165) is 0 Å². The molecule has 0 saturated carbocycles. The van der Waals surface area contributed by atoms with Crippen LogP contribution < -0.4 is 0 Å². The Kier molecular flexibility index (Phi) is 7.15. The predicted molar refractivity (Wildman–Crippen MR) is 110 cm³/mol. The Hall–Kier alpha value is -1.56. The third-order valence-electron chi connectivity index (χ3n) is 5.90. The minimum atomic E-state index is 0.620. The zero-order chi connectivity index (χ0) is 17.3. The summed E-state index contributed by atoms with van der Waals surface area (Å²) in [6.07, 6.45) is 22.7. The Bertz CT molecular complexity index is 617. The minimum Gasteiger partial charge on any atom is -0.0992 e. The first-order chi connectivity index (χ1) is 12.3. The molecule has 0 heteroatoms. The summed E-state index contributed by atoms with van der Waals surface area (Å²) in [6.45, 7) is 4.46. The van der Waals surface area contributed by atoms with Crippen molar-refractivity contribution in [2.75, 3.05) is 0 Å². The van der Waals surface area contributed by atoms with Crippen LogP contribution in [0.1, 0.15) is 87.7 Å². The van der Waals surface area contributed by atoms with Gasteiger partial charge in [0.15, 0.2) is 0 Å². The Morgan fingerprint density at radius 2 is 1.84 bits per heavy atom. The minimum absolute atomic E-state index is 0.620. The number of hydrogen-bond acceptors (Lipinski definition) is 0. The van der Waals surface area contributed by atoms with Crippen LogP contribution in [-0.2, 0) is 6.42 Å². The lowest BCUT2D eigenvalue weighted by Crippen LogP contribution is -2.11. The van der Waals surface area contributed by atoms with Gasteiger partial charge in [0.2, 0.25) is 0 Å². The number of rotatable bonds is 9. The fourth-order valence-electron chi connectivity index (χ4n) is 4.42. The smallest absolute Gasteiger partial charge is 0.00483 e. The quantitative estimate of drug-likeness (QED) is 0.321. The second-order valence-electron chi connectivity index (χ2n) is 7.83. The monoisotopic (exact) mass is 334 g/mol. The van der Waals surface area contributed by atoms with Gasteiger partial charge >= 0.3 is 0 Å². The predicted octanol–water partition coefficient (Wildman–Crippen LogP) is 7.67. The highest BCUT2D eigenvalue weighted by Crippen LogP contribution is 2.37. The van der Waals surface area contributed by atoms with Crippen LogP contribution in [-0.4, -0.2) is 0 Å². The second-order valence-corrected chi connectivity index (χ2v) is 7.83. The van der Waals surface area contributed by atoms with E-state index in [2.05, 4.69) is 49.1 Å². The van der Waals surface area contributed by atoms with Crippen molar-refractivity contribution in [3.8, 4) is 0 Å². The molecule has 0 saturated heterocycles. The van der Waals surface area contributed by atoms with E-state index in [1.807, 2.05) is 0 Å². The van der Waals surface area contributed by atoms with Crippen molar-refractivity contribution < 1.29 is 0 Å². The molecule has 1 aromatic carbocycles. The van der Waals surface area contributed by atoms with E-state index in [-0.39, 0.29) is 0 Å². The number of allylic oxidation sites excluding steroid dienone is 5. The van der Waals surface area contributed by atoms with E-state index in [4.69, 9.17) is 0 Å². The fourth-order valence-corrected chi connectivity index (χ4v) is 4.42. The molecular weight excluding hydrogens is 300 g/mol. The molecule has 0 N–H and O–H groups in total. The zero-order valence-corrected chi connectivity index (χ0v) is 15.8. The summed E-state index contributed by atoms with van der Waals surface area (Å²) in [5.41, 5.74) is 6.17. The molecule has 0 heterocycles. The van der Waals surface area contributed by atoms with Crippen LogP contribution in [0, 0.1) is 0 Å². The van der Waals surface area contributed by atoms with Crippen molar-refractivity contribution in [3.05, 3.63) is 71.3 Å². The maximum absolute atomic E-state index is 4.46. The first-order valence-corrected chi connectivity index (χ1v) is 10.5. The average molecular weight is 335 g/mol. The van der Waals surface area contributed by atoms with Gasteiger partial charge in [0, 0.05) is 5.92 Å². The van der Waals surface area contributed by atoms with E-state index in [1.165, 1.54) is 82.6 Å². The van der Waals surface area contributed by atoms with E-state index in [0.29, 0.717) is 5.92 Å². The summed E-state index contributed by atoms with van der Waals surface area (Å²) in [4.78, 5) is 0. The van der Waals surface area contributed by atoms with Gasteiger partial charge < -0.3 is 0 Å². The lowest BCUT2D eigenvalue weighted by molar-refractivity contribution is 0.565. The van der Waals surface area contributed by atoms with Gasteiger partial charge in [0.1, 0.15) is 0 Å². The summed E-state index contributed by atoms with van der Waals surface area (Å²) in [5, 5.41) is 0. The van der Waals surface area contributed by atoms with Gasteiger partial charge in [-0.05, 0) is 68.9 Å². The standard InChI is InChI=1S/C25H34/c1-21(24-20-12-18-23-17-10-11-19-25(23)24)13-6-3-2-4-7-14-22-15-8-5-9-16-22/h8,10-11,15-17,19,24H,1-7,9,12-14,18,20H2. The first kappa shape index (κ1) is 18.2. The van der Waals surface area contributed by atoms with Gasteiger partial charge in [-0.15, -0.1) is 0 Å². The van der Waals surface area contributed by atoms with E-state index in [1.54, 1.807) is 16.7 Å². The summed E-state index contributed by atoms with van der Waals surface area (Å²) in [6, 6.07) is 9.02. The van der Waals surface area contributed by atoms with Crippen molar-refractivity contribution >= 4 is 0 Å².